The molecule has 0 bridgehead atoms. The third-order valence-corrected chi connectivity index (χ3v) is 4.79. The Morgan fingerprint density at radius 2 is 1.76 bits per heavy atom. The molecule has 8 heteroatoms. The van der Waals surface area contributed by atoms with E-state index in [1.165, 1.54) is 0 Å². The number of hydrogen-bond donors (Lipinski definition) is 3. The average Bonchev–Trinajstić information content (AvgIpc) is 2.63. The van der Waals surface area contributed by atoms with Crippen molar-refractivity contribution in [2.45, 2.75) is 47.2 Å². The molecule has 164 valence electrons. The Labute approximate surface area is 192 Å². The molecule has 1 aliphatic rings. The van der Waals surface area contributed by atoms with Gasteiger partial charge in [0.15, 0.2) is 5.96 Å². The molecule has 2 rings (SSSR count). The van der Waals surface area contributed by atoms with Crippen molar-refractivity contribution < 1.29 is 9.90 Å². The van der Waals surface area contributed by atoms with Gasteiger partial charge in [0, 0.05) is 38.8 Å². The summed E-state index contributed by atoms with van der Waals surface area (Å²) in [7, 11) is 0. The quantitative estimate of drug-likeness (QED) is 0.307. The van der Waals surface area contributed by atoms with Crippen molar-refractivity contribution in [2.24, 2.45) is 4.99 Å². The molecule has 0 saturated carbocycles. The van der Waals surface area contributed by atoms with Crippen LogP contribution in [0.15, 0.2) is 17.1 Å². The summed E-state index contributed by atoms with van der Waals surface area (Å²) in [5.74, 6) is 1.34. The van der Waals surface area contributed by atoms with Gasteiger partial charge in [0.1, 0.15) is 5.75 Å². The lowest BCUT2D eigenvalue weighted by molar-refractivity contribution is -0.123. The second kappa shape index (κ2) is 12.2. The highest BCUT2D eigenvalue weighted by Gasteiger charge is 2.21. The largest absolute Gasteiger partial charge is 0.507 e. The topological polar surface area (TPSA) is 80.2 Å². The number of carbonyl (C=O) groups is 1. The summed E-state index contributed by atoms with van der Waals surface area (Å²) in [6.07, 6.45) is 0. The number of halogens is 1. The third kappa shape index (κ3) is 8.00. The van der Waals surface area contributed by atoms with E-state index in [1.807, 2.05) is 39.8 Å². The number of carbonyl (C=O) groups excluding carboxylic acids is 1. The lowest BCUT2D eigenvalue weighted by Gasteiger charge is -2.36. The molecule has 0 aromatic heterocycles. The summed E-state index contributed by atoms with van der Waals surface area (Å²) in [6.45, 7) is 15.0. The lowest BCUT2D eigenvalue weighted by atomic mass is 10.1. The van der Waals surface area contributed by atoms with Crippen LogP contribution in [0.4, 0.5) is 0 Å². The highest BCUT2D eigenvalue weighted by atomic mass is 127. The van der Waals surface area contributed by atoms with Crippen molar-refractivity contribution in [3.05, 3.63) is 28.8 Å². The zero-order valence-electron chi connectivity index (χ0n) is 18.3. The standard InChI is InChI=1S/C21H35N5O2.HI/c1-6-22-21(23-13-18-11-16(4)20(28)17(5)12-18)26-9-7-25(8-10-26)14-19(27)24-15(2)3;/h11-12,15,28H,6-10,13-14H2,1-5H3,(H,22,23)(H,24,27);1H. The van der Waals surface area contributed by atoms with Crippen molar-refractivity contribution in [2.75, 3.05) is 39.3 Å². The summed E-state index contributed by atoms with van der Waals surface area (Å²) in [5.41, 5.74) is 2.85. The van der Waals surface area contributed by atoms with Gasteiger partial charge in [-0.3, -0.25) is 9.69 Å². The average molecular weight is 517 g/mol. The molecule has 0 radical (unpaired) electrons. The Hall–Kier alpha value is -1.55. The van der Waals surface area contributed by atoms with Gasteiger partial charge in [-0.15, -0.1) is 24.0 Å². The van der Waals surface area contributed by atoms with E-state index in [1.54, 1.807) is 0 Å². The number of aromatic hydroxyl groups is 1. The summed E-state index contributed by atoms with van der Waals surface area (Å²) in [5, 5.41) is 16.3. The number of aliphatic imine (C=N–C) groups is 1. The summed E-state index contributed by atoms with van der Waals surface area (Å²) >= 11 is 0. The number of phenols is 1. The number of phenolic OH excluding ortho intramolecular Hbond substituents is 1. The van der Waals surface area contributed by atoms with E-state index in [2.05, 4.69) is 27.4 Å². The number of hydrogen-bond acceptors (Lipinski definition) is 4. The number of rotatable bonds is 6. The van der Waals surface area contributed by atoms with Crippen LogP contribution in [0.1, 0.15) is 37.5 Å². The normalized spacial score (nSPS) is 15.2. The van der Waals surface area contributed by atoms with E-state index in [0.29, 0.717) is 18.8 Å². The zero-order valence-corrected chi connectivity index (χ0v) is 20.6. The van der Waals surface area contributed by atoms with Crippen LogP contribution in [-0.4, -0.2) is 72.1 Å². The van der Waals surface area contributed by atoms with Crippen molar-refractivity contribution in [3.63, 3.8) is 0 Å². The Kier molecular flexibility index (Phi) is 10.7. The fourth-order valence-corrected chi connectivity index (χ4v) is 3.42. The second-order valence-corrected chi connectivity index (χ2v) is 7.73. The Bertz CT molecular complexity index is 677. The molecule has 1 heterocycles. The maximum Gasteiger partial charge on any atom is 0.234 e. The van der Waals surface area contributed by atoms with Gasteiger partial charge in [-0.05, 0) is 51.3 Å². The molecule has 1 saturated heterocycles. The van der Waals surface area contributed by atoms with Crippen LogP contribution in [0, 0.1) is 13.8 Å². The van der Waals surface area contributed by atoms with Crippen molar-refractivity contribution in [1.29, 1.82) is 0 Å². The van der Waals surface area contributed by atoms with Gasteiger partial charge in [-0.2, -0.15) is 0 Å². The van der Waals surface area contributed by atoms with Gasteiger partial charge < -0.3 is 20.6 Å². The van der Waals surface area contributed by atoms with Crippen LogP contribution in [0.3, 0.4) is 0 Å². The first-order valence-corrected chi connectivity index (χ1v) is 10.1. The summed E-state index contributed by atoms with van der Waals surface area (Å²) < 4.78 is 0. The molecule has 1 aliphatic heterocycles. The van der Waals surface area contributed by atoms with Crippen LogP contribution in [-0.2, 0) is 11.3 Å². The molecule has 29 heavy (non-hydrogen) atoms. The van der Waals surface area contributed by atoms with Crippen molar-refractivity contribution >= 4 is 35.8 Å². The first-order chi connectivity index (χ1) is 13.3. The third-order valence-electron chi connectivity index (χ3n) is 4.79. The number of benzene rings is 1. The Morgan fingerprint density at radius 1 is 1.17 bits per heavy atom. The van der Waals surface area contributed by atoms with E-state index in [-0.39, 0.29) is 35.9 Å². The number of guanidine groups is 1. The van der Waals surface area contributed by atoms with Gasteiger partial charge in [0.2, 0.25) is 5.91 Å². The molecule has 3 N–H and O–H groups in total. The number of aryl methyl sites for hydroxylation is 2. The fourth-order valence-electron chi connectivity index (χ4n) is 3.42. The minimum absolute atomic E-state index is 0. The van der Waals surface area contributed by atoms with E-state index < -0.39 is 0 Å². The Morgan fingerprint density at radius 3 is 2.28 bits per heavy atom. The molecule has 0 spiro atoms. The zero-order chi connectivity index (χ0) is 20.7. The summed E-state index contributed by atoms with van der Waals surface area (Å²) in [6, 6.07) is 4.15. The van der Waals surface area contributed by atoms with Gasteiger partial charge >= 0.3 is 0 Å². The predicted octanol–water partition coefficient (Wildman–Crippen LogP) is 2.23. The van der Waals surface area contributed by atoms with Gasteiger partial charge in [-0.25, -0.2) is 4.99 Å². The van der Waals surface area contributed by atoms with Crippen LogP contribution < -0.4 is 10.6 Å². The molecule has 0 atom stereocenters. The summed E-state index contributed by atoms with van der Waals surface area (Å²) in [4.78, 5) is 21.2. The molecule has 1 aromatic rings. The molecular weight excluding hydrogens is 481 g/mol. The Balaban J connectivity index is 0.00000420. The number of amides is 1. The van der Waals surface area contributed by atoms with Gasteiger partial charge in [0.05, 0.1) is 13.1 Å². The monoisotopic (exact) mass is 517 g/mol. The number of nitrogens with one attached hydrogen (secondary N) is 2. The van der Waals surface area contributed by atoms with Crippen LogP contribution in [0.25, 0.3) is 0 Å². The van der Waals surface area contributed by atoms with Crippen LogP contribution in [0.2, 0.25) is 0 Å². The van der Waals surface area contributed by atoms with Crippen molar-refractivity contribution in [1.82, 2.24) is 20.4 Å². The minimum atomic E-state index is 0. The van der Waals surface area contributed by atoms with Crippen LogP contribution in [0.5, 0.6) is 5.75 Å². The lowest BCUT2D eigenvalue weighted by Crippen LogP contribution is -2.54. The predicted molar refractivity (Wildman–Crippen MR) is 129 cm³/mol. The minimum Gasteiger partial charge on any atom is -0.507 e. The smallest absolute Gasteiger partial charge is 0.234 e. The maximum absolute atomic E-state index is 12.0. The second-order valence-electron chi connectivity index (χ2n) is 7.73. The van der Waals surface area contributed by atoms with Crippen LogP contribution >= 0.6 is 24.0 Å². The van der Waals surface area contributed by atoms with Crippen molar-refractivity contribution in [3.8, 4) is 5.75 Å². The van der Waals surface area contributed by atoms with Gasteiger partial charge in [0.25, 0.3) is 0 Å². The van der Waals surface area contributed by atoms with E-state index >= 15 is 0 Å². The molecule has 0 aliphatic carbocycles. The molecule has 0 unspecified atom stereocenters. The maximum atomic E-state index is 12.0. The highest BCUT2D eigenvalue weighted by molar-refractivity contribution is 14.0. The number of piperazine rings is 1. The highest BCUT2D eigenvalue weighted by Crippen LogP contribution is 2.23. The first-order valence-electron chi connectivity index (χ1n) is 10.1. The van der Waals surface area contributed by atoms with E-state index in [4.69, 9.17) is 4.99 Å². The number of nitrogens with zero attached hydrogens (tertiary/aromatic N) is 3. The molecule has 7 nitrogen and oxygen atoms in total. The van der Waals surface area contributed by atoms with E-state index in [0.717, 1.165) is 55.4 Å². The molecule has 1 aromatic carbocycles. The fraction of sp³-hybridized carbons (Fsp3) is 0.619. The first kappa shape index (κ1) is 25.5. The SMILES string of the molecule is CCNC(=NCc1cc(C)c(O)c(C)c1)N1CCN(CC(=O)NC(C)C)CC1.I. The molecule has 1 fully saturated rings. The van der Waals surface area contributed by atoms with E-state index in [9.17, 15) is 9.90 Å². The molecular formula is C21H36IN5O2. The van der Waals surface area contributed by atoms with Gasteiger partial charge in [-0.1, -0.05) is 12.1 Å². The molecule has 1 amide bonds.